The van der Waals surface area contributed by atoms with Crippen LogP contribution in [0.25, 0.3) is 0 Å². The van der Waals surface area contributed by atoms with E-state index in [9.17, 15) is 4.79 Å². The van der Waals surface area contributed by atoms with E-state index in [4.69, 9.17) is 5.21 Å². The molecule has 0 fully saturated rings. The van der Waals surface area contributed by atoms with Gasteiger partial charge in [0, 0.05) is 11.1 Å². The highest BCUT2D eigenvalue weighted by Gasteiger charge is 1.93. The SMILES string of the molecule is O=CC#Cc1ccccc1C=NO. The highest BCUT2D eigenvalue weighted by atomic mass is 16.4. The number of nitrogens with zero attached hydrogens (tertiary/aromatic N) is 1. The van der Waals surface area contributed by atoms with E-state index in [0.29, 0.717) is 17.4 Å². The lowest BCUT2D eigenvalue weighted by Gasteiger charge is -1.94. The first-order chi connectivity index (χ1) is 6.38. The van der Waals surface area contributed by atoms with Crippen molar-refractivity contribution >= 4 is 12.5 Å². The Morgan fingerprint density at radius 1 is 1.38 bits per heavy atom. The highest BCUT2D eigenvalue weighted by molar-refractivity contribution is 5.84. The molecule has 0 aliphatic heterocycles. The van der Waals surface area contributed by atoms with Crippen LogP contribution in [0.15, 0.2) is 29.4 Å². The monoisotopic (exact) mass is 173 g/mol. The number of hydrogen-bond donors (Lipinski definition) is 1. The van der Waals surface area contributed by atoms with Crippen molar-refractivity contribution < 1.29 is 10.0 Å². The largest absolute Gasteiger partial charge is 0.411 e. The summed E-state index contributed by atoms with van der Waals surface area (Å²) in [4.78, 5) is 9.99. The van der Waals surface area contributed by atoms with Crippen molar-refractivity contribution in [2.75, 3.05) is 0 Å². The molecular formula is C10H7NO2. The summed E-state index contributed by atoms with van der Waals surface area (Å²) in [5.41, 5.74) is 1.34. The van der Waals surface area contributed by atoms with Gasteiger partial charge in [0.25, 0.3) is 0 Å². The zero-order chi connectivity index (χ0) is 9.52. The van der Waals surface area contributed by atoms with Gasteiger partial charge in [-0.05, 0) is 12.0 Å². The summed E-state index contributed by atoms with van der Waals surface area (Å²) >= 11 is 0. The van der Waals surface area contributed by atoms with Gasteiger partial charge in [-0.3, -0.25) is 4.79 Å². The van der Waals surface area contributed by atoms with Crippen LogP contribution in [0.4, 0.5) is 0 Å². The third-order valence-electron chi connectivity index (χ3n) is 1.42. The maximum Gasteiger partial charge on any atom is 0.193 e. The predicted molar refractivity (Wildman–Crippen MR) is 48.8 cm³/mol. The standard InChI is InChI=1S/C10H7NO2/c12-7-3-6-9-4-1-2-5-10(9)8-11-13/h1-2,4-5,7-8,13H. The third kappa shape index (κ3) is 2.46. The smallest absolute Gasteiger partial charge is 0.193 e. The molecule has 0 unspecified atom stereocenters. The predicted octanol–water partition coefficient (Wildman–Crippen LogP) is 1.05. The van der Waals surface area contributed by atoms with Crippen LogP contribution in [-0.2, 0) is 4.79 Å². The van der Waals surface area contributed by atoms with Crippen molar-refractivity contribution in [1.29, 1.82) is 0 Å². The van der Waals surface area contributed by atoms with E-state index in [0.717, 1.165) is 0 Å². The van der Waals surface area contributed by atoms with Crippen LogP contribution in [0, 0.1) is 11.8 Å². The van der Waals surface area contributed by atoms with E-state index in [2.05, 4.69) is 17.0 Å². The maximum atomic E-state index is 9.99. The van der Waals surface area contributed by atoms with Gasteiger partial charge in [-0.1, -0.05) is 29.3 Å². The Morgan fingerprint density at radius 3 is 2.85 bits per heavy atom. The molecule has 1 rings (SSSR count). The fraction of sp³-hybridized carbons (Fsp3) is 0. The second-order valence-corrected chi connectivity index (χ2v) is 2.22. The number of benzene rings is 1. The number of oxime groups is 1. The molecular weight excluding hydrogens is 166 g/mol. The molecule has 0 saturated heterocycles. The molecule has 64 valence electrons. The molecule has 0 aromatic heterocycles. The highest BCUT2D eigenvalue weighted by Crippen LogP contribution is 2.03. The minimum absolute atomic E-state index is 0.521. The van der Waals surface area contributed by atoms with Gasteiger partial charge < -0.3 is 5.21 Å². The summed E-state index contributed by atoms with van der Waals surface area (Å²) in [5.74, 6) is 4.92. The molecule has 0 amide bonds. The average molecular weight is 173 g/mol. The summed E-state index contributed by atoms with van der Waals surface area (Å²) in [6.07, 6.45) is 1.79. The Kier molecular flexibility index (Phi) is 3.28. The molecule has 1 aromatic carbocycles. The maximum absolute atomic E-state index is 9.99. The Hall–Kier alpha value is -2.08. The van der Waals surface area contributed by atoms with Crippen LogP contribution in [0.5, 0.6) is 0 Å². The first-order valence-electron chi connectivity index (χ1n) is 3.60. The van der Waals surface area contributed by atoms with Gasteiger partial charge in [0.1, 0.15) is 0 Å². The topological polar surface area (TPSA) is 49.7 Å². The Balaban J connectivity index is 3.11. The molecule has 1 N–H and O–H groups in total. The van der Waals surface area contributed by atoms with Gasteiger partial charge in [0.15, 0.2) is 6.29 Å². The van der Waals surface area contributed by atoms with E-state index in [1.54, 1.807) is 24.3 Å². The molecule has 13 heavy (non-hydrogen) atoms. The lowest BCUT2D eigenvalue weighted by molar-refractivity contribution is -0.103. The summed E-state index contributed by atoms with van der Waals surface area (Å²) in [7, 11) is 0. The molecule has 0 radical (unpaired) electrons. The fourth-order valence-corrected chi connectivity index (χ4v) is 0.893. The van der Waals surface area contributed by atoms with Crippen molar-refractivity contribution in [3.8, 4) is 11.8 Å². The number of aldehydes is 1. The van der Waals surface area contributed by atoms with Crippen LogP contribution in [0.3, 0.4) is 0 Å². The lowest BCUT2D eigenvalue weighted by Crippen LogP contribution is -1.86. The quantitative estimate of drug-likeness (QED) is 0.227. The first kappa shape index (κ1) is 9.01. The molecule has 0 spiro atoms. The first-order valence-corrected chi connectivity index (χ1v) is 3.60. The number of carbonyl (C=O) groups is 1. The summed E-state index contributed by atoms with van der Waals surface area (Å²) in [6, 6.07) is 7.08. The number of rotatable bonds is 1. The van der Waals surface area contributed by atoms with Crippen molar-refractivity contribution in [3.05, 3.63) is 35.4 Å². The molecule has 0 heterocycles. The van der Waals surface area contributed by atoms with E-state index >= 15 is 0 Å². The second-order valence-electron chi connectivity index (χ2n) is 2.22. The van der Waals surface area contributed by atoms with E-state index in [1.165, 1.54) is 6.21 Å². The van der Waals surface area contributed by atoms with Crippen molar-refractivity contribution in [2.45, 2.75) is 0 Å². The molecule has 1 aromatic rings. The van der Waals surface area contributed by atoms with Gasteiger partial charge >= 0.3 is 0 Å². The Labute approximate surface area is 75.7 Å². The van der Waals surface area contributed by atoms with E-state index in [-0.39, 0.29) is 0 Å². The van der Waals surface area contributed by atoms with E-state index < -0.39 is 0 Å². The van der Waals surface area contributed by atoms with Crippen LogP contribution in [0.2, 0.25) is 0 Å². The van der Waals surface area contributed by atoms with Gasteiger partial charge in [0.2, 0.25) is 0 Å². The second kappa shape index (κ2) is 4.73. The lowest BCUT2D eigenvalue weighted by atomic mass is 10.1. The minimum atomic E-state index is 0.521. The molecule has 0 aliphatic carbocycles. The minimum Gasteiger partial charge on any atom is -0.411 e. The zero-order valence-electron chi connectivity index (χ0n) is 6.77. The Morgan fingerprint density at radius 2 is 2.15 bits per heavy atom. The molecule has 3 nitrogen and oxygen atoms in total. The van der Waals surface area contributed by atoms with Crippen LogP contribution in [-0.4, -0.2) is 17.7 Å². The van der Waals surface area contributed by atoms with Gasteiger partial charge in [-0.2, -0.15) is 0 Å². The van der Waals surface area contributed by atoms with Crippen LogP contribution < -0.4 is 0 Å². The van der Waals surface area contributed by atoms with Crippen molar-refractivity contribution in [1.82, 2.24) is 0 Å². The molecule has 0 aliphatic rings. The summed E-state index contributed by atoms with van der Waals surface area (Å²) < 4.78 is 0. The zero-order valence-corrected chi connectivity index (χ0v) is 6.77. The molecule has 0 bridgehead atoms. The van der Waals surface area contributed by atoms with Gasteiger partial charge in [-0.15, -0.1) is 0 Å². The summed E-state index contributed by atoms with van der Waals surface area (Å²) in [5, 5.41) is 11.2. The molecule has 0 atom stereocenters. The van der Waals surface area contributed by atoms with Crippen LogP contribution in [0.1, 0.15) is 11.1 Å². The van der Waals surface area contributed by atoms with E-state index in [1.807, 2.05) is 0 Å². The Bertz CT molecular complexity index is 385. The summed E-state index contributed by atoms with van der Waals surface area (Å²) in [6.45, 7) is 0. The number of hydrogen-bond acceptors (Lipinski definition) is 3. The fourth-order valence-electron chi connectivity index (χ4n) is 0.893. The van der Waals surface area contributed by atoms with Gasteiger partial charge in [-0.25, -0.2) is 0 Å². The molecule has 3 heteroatoms. The van der Waals surface area contributed by atoms with Crippen molar-refractivity contribution in [3.63, 3.8) is 0 Å². The molecule has 0 saturated carbocycles. The average Bonchev–Trinajstić information content (AvgIpc) is 2.17. The normalized spacial score (nSPS) is 9.23. The van der Waals surface area contributed by atoms with Crippen LogP contribution >= 0.6 is 0 Å². The third-order valence-corrected chi connectivity index (χ3v) is 1.42. The van der Waals surface area contributed by atoms with Crippen molar-refractivity contribution in [2.24, 2.45) is 5.16 Å². The number of carbonyl (C=O) groups excluding carboxylic acids is 1. The van der Waals surface area contributed by atoms with Gasteiger partial charge in [0.05, 0.1) is 6.21 Å².